The van der Waals surface area contributed by atoms with Crippen molar-refractivity contribution in [3.05, 3.63) is 65.7 Å². The summed E-state index contributed by atoms with van der Waals surface area (Å²) in [5.41, 5.74) is 1.95. The van der Waals surface area contributed by atoms with Crippen molar-refractivity contribution in [3.63, 3.8) is 0 Å². The topological polar surface area (TPSA) is 76.9 Å². The SMILES string of the molecule is O=C(CCC(=O)c1ccc(F)cc1)Nc1cccc(-c2nnc3n2CCCCC3)c1. The molecule has 0 unspecified atom stereocenters. The Hall–Kier alpha value is -3.35. The van der Waals surface area contributed by atoms with Crippen molar-refractivity contribution in [3.8, 4) is 11.4 Å². The van der Waals surface area contributed by atoms with Gasteiger partial charge in [-0.05, 0) is 49.2 Å². The number of benzene rings is 2. The van der Waals surface area contributed by atoms with E-state index in [-0.39, 0.29) is 24.5 Å². The zero-order valence-corrected chi connectivity index (χ0v) is 16.6. The predicted octanol–water partition coefficient (Wildman–Crippen LogP) is 4.41. The number of carbonyl (C=O) groups is 2. The molecule has 0 atom stereocenters. The number of carbonyl (C=O) groups excluding carboxylic acids is 2. The van der Waals surface area contributed by atoms with Crippen molar-refractivity contribution in [2.24, 2.45) is 0 Å². The van der Waals surface area contributed by atoms with E-state index in [9.17, 15) is 14.0 Å². The van der Waals surface area contributed by atoms with Gasteiger partial charge in [0, 0.05) is 42.6 Å². The Kier molecular flexibility index (Phi) is 5.97. The van der Waals surface area contributed by atoms with E-state index in [4.69, 9.17) is 0 Å². The maximum absolute atomic E-state index is 13.0. The quantitative estimate of drug-likeness (QED) is 0.615. The van der Waals surface area contributed by atoms with Crippen molar-refractivity contribution in [1.29, 1.82) is 0 Å². The van der Waals surface area contributed by atoms with E-state index in [1.54, 1.807) is 0 Å². The van der Waals surface area contributed by atoms with E-state index in [2.05, 4.69) is 20.1 Å². The fraction of sp³-hybridized carbons (Fsp3) is 0.304. The molecule has 0 saturated heterocycles. The predicted molar refractivity (Wildman–Crippen MR) is 112 cm³/mol. The number of aromatic nitrogens is 3. The Bertz CT molecular complexity index is 1060. The summed E-state index contributed by atoms with van der Waals surface area (Å²) < 4.78 is 15.1. The lowest BCUT2D eigenvalue weighted by Gasteiger charge is -2.09. The van der Waals surface area contributed by atoms with Crippen molar-refractivity contribution in [1.82, 2.24) is 14.8 Å². The second-order valence-corrected chi connectivity index (χ2v) is 7.46. The molecule has 30 heavy (non-hydrogen) atoms. The van der Waals surface area contributed by atoms with Gasteiger partial charge in [0.15, 0.2) is 11.6 Å². The van der Waals surface area contributed by atoms with Crippen LogP contribution in [-0.2, 0) is 17.8 Å². The summed E-state index contributed by atoms with van der Waals surface area (Å²) in [4.78, 5) is 24.5. The summed E-state index contributed by atoms with van der Waals surface area (Å²) in [7, 11) is 0. The summed E-state index contributed by atoms with van der Waals surface area (Å²) in [6.07, 6.45) is 4.48. The van der Waals surface area contributed by atoms with Gasteiger partial charge in [0.2, 0.25) is 5.91 Å². The van der Waals surface area contributed by atoms with Crippen LogP contribution < -0.4 is 5.32 Å². The minimum absolute atomic E-state index is 0.0563. The van der Waals surface area contributed by atoms with Crippen LogP contribution in [0.25, 0.3) is 11.4 Å². The van der Waals surface area contributed by atoms with Gasteiger partial charge < -0.3 is 9.88 Å². The molecule has 4 rings (SSSR count). The number of ketones is 1. The molecule has 7 heteroatoms. The number of hydrogen-bond acceptors (Lipinski definition) is 4. The van der Waals surface area contributed by atoms with E-state index < -0.39 is 5.82 Å². The number of anilines is 1. The van der Waals surface area contributed by atoms with Crippen LogP contribution in [0.15, 0.2) is 48.5 Å². The molecule has 1 N–H and O–H groups in total. The molecule has 1 amide bonds. The van der Waals surface area contributed by atoms with Gasteiger partial charge in [-0.15, -0.1) is 10.2 Å². The number of rotatable bonds is 6. The third kappa shape index (κ3) is 4.62. The minimum atomic E-state index is -0.395. The monoisotopic (exact) mass is 406 g/mol. The molecule has 6 nitrogen and oxygen atoms in total. The van der Waals surface area contributed by atoms with E-state index in [1.165, 1.54) is 30.7 Å². The van der Waals surface area contributed by atoms with Crippen LogP contribution >= 0.6 is 0 Å². The second kappa shape index (κ2) is 8.98. The van der Waals surface area contributed by atoms with Crippen LogP contribution in [0.4, 0.5) is 10.1 Å². The van der Waals surface area contributed by atoms with Crippen molar-refractivity contribution >= 4 is 17.4 Å². The van der Waals surface area contributed by atoms with Gasteiger partial charge in [-0.1, -0.05) is 18.6 Å². The van der Waals surface area contributed by atoms with Gasteiger partial charge in [-0.3, -0.25) is 9.59 Å². The van der Waals surface area contributed by atoms with Crippen LogP contribution in [0.2, 0.25) is 0 Å². The molecule has 0 bridgehead atoms. The van der Waals surface area contributed by atoms with E-state index in [1.807, 2.05) is 24.3 Å². The van der Waals surface area contributed by atoms with Gasteiger partial charge in [-0.25, -0.2) is 4.39 Å². The molecule has 1 aromatic heterocycles. The fourth-order valence-corrected chi connectivity index (χ4v) is 3.67. The van der Waals surface area contributed by atoms with Gasteiger partial charge in [0.1, 0.15) is 11.6 Å². The zero-order valence-electron chi connectivity index (χ0n) is 16.6. The molecule has 0 spiro atoms. The van der Waals surface area contributed by atoms with Gasteiger partial charge >= 0.3 is 0 Å². The second-order valence-electron chi connectivity index (χ2n) is 7.46. The molecule has 0 fully saturated rings. The lowest BCUT2D eigenvalue weighted by molar-refractivity contribution is -0.116. The molecule has 154 valence electrons. The molecule has 0 radical (unpaired) electrons. The maximum atomic E-state index is 13.0. The van der Waals surface area contributed by atoms with E-state index in [0.29, 0.717) is 11.3 Å². The first kappa shape index (κ1) is 19.9. The average Bonchev–Trinajstić information content (AvgIpc) is 3.01. The van der Waals surface area contributed by atoms with Crippen LogP contribution in [0.5, 0.6) is 0 Å². The number of Topliss-reactive ketones (excluding diaryl/α,β-unsaturated/α-hetero) is 1. The summed E-state index contributed by atoms with van der Waals surface area (Å²) in [6.45, 7) is 0.903. The zero-order chi connectivity index (χ0) is 20.9. The normalized spacial score (nSPS) is 13.4. The largest absolute Gasteiger partial charge is 0.326 e. The lowest BCUT2D eigenvalue weighted by Crippen LogP contribution is -2.13. The van der Waals surface area contributed by atoms with E-state index >= 15 is 0 Å². The first-order valence-electron chi connectivity index (χ1n) is 10.2. The highest BCUT2D eigenvalue weighted by Crippen LogP contribution is 2.25. The molecular formula is C23H23FN4O2. The average molecular weight is 406 g/mol. The van der Waals surface area contributed by atoms with Crippen LogP contribution in [0.1, 0.15) is 48.3 Å². The smallest absolute Gasteiger partial charge is 0.224 e. The Morgan fingerprint density at radius 2 is 1.83 bits per heavy atom. The number of hydrogen-bond donors (Lipinski definition) is 1. The fourth-order valence-electron chi connectivity index (χ4n) is 3.67. The molecule has 2 aromatic carbocycles. The van der Waals surface area contributed by atoms with Gasteiger partial charge in [-0.2, -0.15) is 0 Å². The summed E-state index contributed by atoms with van der Waals surface area (Å²) in [6, 6.07) is 12.8. The van der Waals surface area contributed by atoms with Crippen LogP contribution in [0, 0.1) is 5.82 Å². The number of nitrogens with one attached hydrogen (secondary N) is 1. The summed E-state index contributed by atoms with van der Waals surface area (Å²) >= 11 is 0. The number of nitrogens with zero attached hydrogens (tertiary/aromatic N) is 3. The van der Waals surface area contributed by atoms with Crippen molar-refractivity contribution in [2.45, 2.75) is 45.1 Å². The Morgan fingerprint density at radius 1 is 1.00 bits per heavy atom. The maximum Gasteiger partial charge on any atom is 0.224 e. The minimum Gasteiger partial charge on any atom is -0.326 e. The number of halogens is 1. The molecule has 2 heterocycles. The lowest BCUT2D eigenvalue weighted by atomic mass is 10.1. The van der Waals surface area contributed by atoms with Crippen molar-refractivity contribution < 1.29 is 14.0 Å². The first-order chi connectivity index (χ1) is 14.6. The number of aryl methyl sites for hydroxylation is 1. The summed E-state index contributed by atoms with van der Waals surface area (Å²) in [5, 5.41) is 11.5. The van der Waals surface area contributed by atoms with E-state index in [0.717, 1.165) is 43.0 Å². The molecule has 3 aromatic rings. The first-order valence-corrected chi connectivity index (χ1v) is 10.2. The third-order valence-corrected chi connectivity index (χ3v) is 5.26. The standard InChI is InChI=1S/C23H23FN4O2/c24-18-10-8-16(9-11-18)20(29)12-13-22(30)25-19-6-4-5-17(15-19)23-27-26-21-7-2-1-3-14-28(21)23/h4-6,8-11,15H,1-3,7,12-14H2,(H,25,30). The molecule has 0 aliphatic carbocycles. The molecule has 1 aliphatic rings. The van der Waals surface area contributed by atoms with Gasteiger partial charge in [0.25, 0.3) is 0 Å². The Labute approximate surface area is 174 Å². The molecule has 1 aliphatic heterocycles. The number of amides is 1. The Morgan fingerprint density at radius 3 is 2.67 bits per heavy atom. The molecule has 0 saturated carbocycles. The van der Waals surface area contributed by atoms with Crippen LogP contribution in [-0.4, -0.2) is 26.5 Å². The van der Waals surface area contributed by atoms with Gasteiger partial charge in [0.05, 0.1) is 0 Å². The Balaban J connectivity index is 1.40. The number of fused-ring (bicyclic) bond motifs is 1. The van der Waals surface area contributed by atoms with Crippen LogP contribution in [0.3, 0.4) is 0 Å². The molecular weight excluding hydrogens is 383 g/mol. The third-order valence-electron chi connectivity index (χ3n) is 5.26. The summed E-state index contributed by atoms with van der Waals surface area (Å²) in [5.74, 6) is 0.993. The highest BCUT2D eigenvalue weighted by atomic mass is 19.1. The highest BCUT2D eigenvalue weighted by molar-refractivity contribution is 6.00. The highest BCUT2D eigenvalue weighted by Gasteiger charge is 2.16. The van der Waals surface area contributed by atoms with Crippen molar-refractivity contribution in [2.75, 3.05) is 5.32 Å².